The van der Waals surface area contributed by atoms with Crippen LogP contribution in [0.25, 0.3) is 11.3 Å². The van der Waals surface area contributed by atoms with Crippen molar-refractivity contribution in [2.45, 2.75) is 13.5 Å². The number of hydrogen-bond donors (Lipinski definition) is 3. The first-order valence-electron chi connectivity index (χ1n) is 10.3. The van der Waals surface area contributed by atoms with Crippen LogP contribution in [0.3, 0.4) is 0 Å². The molecule has 0 saturated carbocycles. The van der Waals surface area contributed by atoms with Crippen molar-refractivity contribution >= 4 is 17.5 Å². The fourth-order valence-electron chi connectivity index (χ4n) is 3.73. The zero-order valence-electron chi connectivity index (χ0n) is 17.7. The number of amidine groups is 1. The molecule has 0 spiro atoms. The monoisotopic (exact) mass is 445 g/mol. The number of aromatic nitrogens is 4. The van der Waals surface area contributed by atoms with Crippen LogP contribution in [0.15, 0.2) is 42.0 Å². The summed E-state index contributed by atoms with van der Waals surface area (Å²) in [6, 6.07) is 7.62. The van der Waals surface area contributed by atoms with E-state index in [1.807, 2.05) is 29.0 Å². The lowest BCUT2D eigenvalue weighted by Crippen LogP contribution is -2.53. The molecule has 2 aliphatic heterocycles. The van der Waals surface area contributed by atoms with Crippen molar-refractivity contribution in [1.29, 1.82) is 5.26 Å². The van der Waals surface area contributed by atoms with Gasteiger partial charge < -0.3 is 10.2 Å². The highest BCUT2D eigenvalue weighted by Crippen LogP contribution is 2.25. The van der Waals surface area contributed by atoms with Gasteiger partial charge in [-0.15, -0.1) is 10.6 Å². The van der Waals surface area contributed by atoms with E-state index in [0.717, 1.165) is 22.7 Å². The number of hydrogen-bond acceptors (Lipinski definition) is 11. The fourth-order valence-corrected chi connectivity index (χ4v) is 3.73. The van der Waals surface area contributed by atoms with Crippen molar-refractivity contribution in [3.05, 3.63) is 59.6 Å². The van der Waals surface area contributed by atoms with Crippen LogP contribution in [0.2, 0.25) is 0 Å². The first-order chi connectivity index (χ1) is 16.1. The van der Waals surface area contributed by atoms with Crippen molar-refractivity contribution < 1.29 is 4.39 Å². The second-order valence-corrected chi connectivity index (χ2v) is 7.58. The Morgan fingerprint density at radius 1 is 1.21 bits per heavy atom. The number of rotatable bonds is 5. The minimum atomic E-state index is -0.539. The molecule has 0 amide bonds. The van der Waals surface area contributed by atoms with Crippen molar-refractivity contribution in [2.24, 2.45) is 5.10 Å². The van der Waals surface area contributed by atoms with Crippen LogP contribution in [-0.4, -0.2) is 50.4 Å². The molecule has 0 aromatic carbocycles. The van der Waals surface area contributed by atoms with E-state index < -0.39 is 5.82 Å². The summed E-state index contributed by atoms with van der Waals surface area (Å²) in [5, 5.41) is 18.6. The zero-order valence-corrected chi connectivity index (χ0v) is 17.7. The van der Waals surface area contributed by atoms with Crippen LogP contribution in [-0.2, 0) is 6.54 Å². The molecular formula is C21H20FN11. The Morgan fingerprint density at radius 3 is 2.97 bits per heavy atom. The van der Waals surface area contributed by atoms with E-state index in [2.05, 4.69) is 47.5 Å². The Bertz CT molecular complexity index is 1270. The molecule has 3 N–H and O–H groups in total. The van der Waals surface area contributed by atoms with E-state index in [0.29, 0.717) is 30.9 Å². The van der Waals surface area contributed by atoms with Crippen LogP contribution in [0.1, 0.15) is 16.8 Å². The number of aryl methyl sites for hydroxylation is 1. The molecule has 11 nitrogen and oxygen atoms in total. The minimum absolute atomic E-state index is 0.0828. The average molecular weight is 445 g/mol. The summed E-state index contributed by atoms with van der Waals surface area (Å²) < 4.78 is 15.2. The highest BCUT2D eigenvalue weighted by molar-refractivity contribution is 5.88. The molecule has 2 aliphatic rings. The van der Waals surface area contributed by atoms with Gasteiger partial charge in [0.1, 0.15) is 12.4 Å². The predicted octanol–water partition coefficient (Wildman–Crippen LogP) is 1.32. The summed E-state index contributed by atoms with van der Waals surface area (Å²) in [5.41, 5.74) is 9.00. The molecule has 5 rings (SSSR count). The molecule has 3 aromatic rings. The third kappa shape index (κ3) is 4.09. The molecule has 0 unspecified atom stereocenters. The van der Waals surface area contributed by atoms with Gasteiger partial charge in [-0.25, -0.2) is 15.5 Å². The van der Waals surface area contributed by atoms with E-state index in [4.69, 9.17) is 0 Å². The van der Waals surface area contributed by atoms with E-state index in [9.17, 15) is 5.26 Å². The quantitative estimate of drug-likeness (QED) is 0.529. The standard InChI is InChI=1S/C21H20FN11/c1-13-6-15(2-3-24-13)19-16(8-23)7-14(9-25-19)10-26-20-18(22)21(28-12-27-20)32-4-5-33-17(11-32)29-30-31-33/h2-3,6-7,9,12,30-31H,4-5,10-11H2,1H3,(H,26,27,28). The Kier molecular flexibility index (Phi) is 5.37. The molecule has 0 bridgehead atoms. The molecule has 1 fully saturated rings. The van der Waals surface area contributed by atoms with Gasteiger partial charge in [-0.2, -0.15) is 9.65 Å². The maximum atomic E-state index is 15.2. The number of nitrogens with zero attached hydrogens (tertiary/aromatic N) is 8. The first kappa shape index (κ1) is 20.5. The summed E-state index contributed by atoms with van der Waals surface area (Å²) in [6.07, 6.45) is 4.68. The van der Waals surface area contributed by atoms with Gasteiger partial charge in [0.15, 0.2) is 17.5 Å². The lowest BCUT2D eigenvalue weighted by molar-refractivity contribution is 0.286. The van der Waals surface area contributed by atoms with E-state index in [-0.39, 0.29) is 18.2 Å². The topological polar surface area (TPSA) is 130 Å². The maximum Gasteiger partial charge on any atom is 0.207 e. The zero-order chi connectivity index (χ0) is 22.8. The number of hydrazone groups is 1. The van der Waals surface area contributed by atoms with Crippen molar-refractivity contribution in [3.63, 3.8) is 0 Å². The van der Waals surface area contributed by atoms with Gasteiger partial charge in [0.25, 0.3) is 0 Å². The summed E-state index contributed by atoms with van der Waals surface area (Å²) in [6.45, 7) is 3.75. The van der Waals surface area contributed by atoms with Gasteiger partial charge in [0.05, 0.1) is 24.3 Å². The van der Waals surface area contributed by atoms with Gasteiger partial charge in [-0.05, 0) is 30.7 Å². The molecule has 0 atom stereocenters. The number of fused-ring (bicyclic) bond motifs is 1. The lowest BCUT2D eigenvalue weighted by Gasteiger charge is -2.33. The molecule has 0 aliphatic carbocycles. The molecule has 33 heavy (non-hydrogen) atoms. The largest absolute Gasteiger partial charge is 0.363 e. The molecular weight excluding hydrogens is 425 g/mol. The number of halogens is 1. The van der Waals surface area contributed by atoms with Crippen molar-refractivity contribution in [2.75, 3.05) is 29.9 Å². The smallest absolute Gasteiger partial charge is 0.207 e. The SMILES string of the molecule is Cc1cc(-c2ncc(CNc3ncnc(N4CCN5NNN=C5C4)c3F)cc2C#N)ccn1. The second kappa shape index (κ2) is 8.64. The average Bonchev–Trinajstić information content (AvgIpc) is 3.31. The number of nitriles is 1. The Morgan fingerprint density at radius 2 is 2.12 bits per heavy atom. The van der Waals surface area contributed by atoms with Crippen LogP contribution >= 0.6 is 0 Å². The number of nitrogens with one attached hydrogen (secondary N) is 3. The summed E-state index contributed by atoms with van der Waals surface area (Å²) in [4.78, 5) is 18.6. The third-order valence-corrected chi connectivity index (χ3v) is 5.37. The van der Waals surface area contributed by atoms with Gasteiger partial charge in [-0.3, -0.25) is 15.0 Å². The van der Waals surface area contributed by atoms with Crippen LogP contribution in [0.4, 0.5) is 16.0 Å². The lowest BCUT2D eigenvalue weighted by atomic mass is 10.1. The van der Waals surface area contributed by atoms with Gasteiger partial charge in [-0.1, -0.05) is 0 Å². The molecule has 3 aromatic heterocycles. The Hall–Kier alpha value is -4.37. The molecule has 12 heteroatoms. The number of piperazine rings is 1. The number of pyridine rings is 2. The van der Waals surface area contributed by atoms with Crippen LogP contribution in [0, 0.1) is 24.1 Å². The van der Waals surface area contributed by atoms with E-state index in [1.54, 1.807) is 18.5 Å². The van der Waals surface area contributed by atoms with Gasteiger partial charge in [0.2, 0.25) is 5.82 Å². The third-order valence-electron chi connectivity index (χ3n) is 5.37. The van der Waals surface area contributed by atoms with Crippen molar-refractivity contribution in [1.82, 2.24) is 36.0 Å². The predicted molar refractivity (Wildman–Crippen MR) is 119 cm³/mol. The summed E-state index contributed by atoms with van der Waals surface area (Å²) in [7, 11) is 0. The molecule has 0 radical (unpaired) electrons. The molecule has 5 heterocycles. The fraction of sp³-hybridized carbons (Fsp3) is 0.238. The first-order valence-corrected chi connectivity index (χ1v) is 10.3. The summed E-state index contributed by atoms with van der Waals surface area (Å²) in [5.74, 6) is 0.511. The Labute approximate surface area is 189 Å². The van der Waals surface area contributed by atoms with E-state index >= 15 is 4.39 Å². The second-order valence-electron chi connectivity index (χ2n) is 7.58. The normalized spacial score (nSPS) is 14.9. The molecule has 166 valence electrons. The van der Waals surface area contributed by atoms with Crippen LogP contribution < -0.4 is 21.3 Å². The van der Waals surface area contributed by atoms with Gasteiger partial charge >= 0.3 is 0 Å². The highest BCUT2D eigenvalue weighted by atomic mass is 19.1. The van der Waals surface area contributed by atoms with Crippen molar-refractivity contribution in [3.8, 4) is 17.3 Å². The minimum Gasteiger partial charge on any atom is -0.363 e. The highest BCUT2D eigenvalue weighted by Gasteiger charge is 2.28. The number of anilines is 2. The van der Waals surface area contributed by atoms with Crippen LogP contribution in [0.5, 0.6) is 0 Å². The molecule has 1 saturated heterocycles. The van der Waals surface area contributed by atoms with Gasteiger partial charge in [0, 0.05) is 36.7 Å². The Balaban J connectivity index is 1.33. The number of hydrazine groups is 2. The van der Waals surface area contributed by atoms with E-state index in [1.165, 1.54) is 6.33 Å². The maximum absolute atomic E-state index is 15.2. The summed E-state index contributed by atoms with van der Waals surface area (Å²) >= 11 is 0.